The molecule has 3 rings (SSSR count). The lowest BCUT2D eigenvalue weighted by atomic mass is 9.92. The Morgan fingerprint density at radius 2 is 2.26 bits per heavy atom. The quantitative estimate of drug-likeness (QED) is 0.939. The molecule has 0 radical (unpaired) electrons. The number of hydrogen-bond acceptors (Lipinski definition) is 4. The summed E-state index contributed by atoms with van der Waals surface area (Å²) in [7, 11) is 0. The van der Waals surface area contributed by atoms with Gasteiger partial charge in [-0.05, 0) is 37.8 Å². The van der Waals surface area contributed by atoms with Crippen molar-refractivity contribution in [2.24, 2.45) is 11.7 Å². The van der Waals surface area contributed by atoms with E-state index < -0.39 is 0 Å². The van der Waals surface area contributed by atoms with E-state index in [4.69, 9.17) is 5.73 Å². The number of hydrogen-bond donors (Lipinski definition) is 1. The van der Waals surface area contributed by atoms with Crippen LogP contribution in [-0.4, -0.2) is 34.9 Å². The zero-order valence-corrected chi connectivity index (χ0v) is 13.9. The van der Waals surface area contributed by atoms with Crippen molar-refractivity contribution in [3.8, 4) is 10.6 Å². The van der Waals surface area contributed by atoms with E-state index in [1.807, 2.05) is 11.8 Å². The number of carbonyl (C=O) groups is 1. The van der Waals surface area contributed by atoms with Crippen LogP contribution < -0.4 is 5.73 Å². The van der Waals surface area contributed by atoms with Crippen LogP contribution in [0.2, 0.25) is 0 Å². The lowest BCUT2D eigenvalue weighted by Crippen LogP contribution is -2.44. The summed E-state index contributed by atoms with van der Waals surface area (Å²) in [5.74, 6) is -0.0158. The molecular weight excluding hydrogens is 313 g/mol. The first kappa shape index (κ1) is 16.1. The third kappa shape index (κ3) is 3.43. The fourth-order valence-corrected chi connectivity index (χ4v) is 3.82. The van der Waals surface area contributed by atoms with Gasteiger partial charge in [-0.1, -0.05) is 12.1 Å². The Bertz CT molecular complexity index is 701. The fraction of sp³-hybridized carbons (Fsp3) is 0.412. The summed E-state index contributed by atoms with van der Waals surface area (Å²) in [6, 6.07) is 6.56. The highest BCUT2D eigenvalue weighted by atomic mass is 32.1. The summed E-state index contributed by atoms with van der Waals surface area (Å²) >= 11 is 1.24. The third-order valence-corrected chi connectivity index (χ3v) is 5.33. The molecule has 0 spiro atoms. The van der Waals surface area contributed by atoms with Crippen molar-refractivity contribution < 1.29 is 9.18 Å². The summed E-state index contributed by atoms with van der Waals surface area (Å²) in [6.07, 6.45) is 3.58. The molecule has 4 nitrogen and oxygen atoms in total. The highest BCUT2D eigenvalue weighted by Crippen LogP contribution is 2.29. The molecule has 1 amide bonds. The molecule has 0 unspecified atom stereocenters. The number of likely N-dealkylation sites (tertiary alicyclic amines) is 1. The molecule has 2 atom stereocenters. The number of nitrogens with zero attached hydrogens (tertiary/aromatic N) is 2. The first-order valence-electron chi connectivity index (χ1n) is 7.82. The largest absolute Gasteiger partial charge is 0.338 e. The lowest BCUT2D eigenvalue weighted by molar-refractivity contribution is 0.0665. The minimum Gasteiger partial charge on any atom is -0.338 e. The van der Waals surface area contributed by atoms with Crippen molar-refractivity contribution in [1.29, 1.82) is 0 Å². The second-order valence-corrected chi connectivity index (χ2v) is 7.05. The summed E-state index contributed by atoms with van der Waals surface area (Å²) in [6.45, 7) is 3.42. The van der Waals surface area contributed by atoms with E-state index in [1.54, 1.807) is 24.4 Å². The molecule has 1 aliphatic rings. The Labute approximate surface area is 139 Å². The van der Waals surface area contributed by atoms with E-state index in [2.05, 4.69) is 4.98 Å². The van der Waals surface area contributed by atoms with E-state index in [-0.39, 0.29) is 17.8 Å². The Morgan fingerprint density at radius 3 is 3.00 bits per heavy atom. The molecule has 2 heterocycles. The summed E-state index contributed by atoms with van der Waals surface area (Å²) in [5.41, 5.74) is 6.41. The van der Waals surface area contributed by atoms with Crippen LogP contribution in [0.3, 0.4) is 0 Å². The Hall–Kier alpha value is -1.79. The topological polar surface area (TPSA) is 59.2 Å². The number of halogens is 1. The van der Waals surface area contributed by atoms with E-state index in [0.29, 0.717) is 27.9 Å². The second-order valence-electron chi connectivity index (χ2n) is 6.02. The van der Waals surface area contributed by atoms with E-state index in [9.17, 15) is 9.18 Å². The van der Waals surface area contributed by atoms with Gasteiger partial charge in [0.25, 0.3) is 5.91 Å². The standard InChI is InChI=1S/C17H20FN3OS/c1-11(19)12-5-4-8-21(10-12)17(22)15-9-20-16(23-15)13-6-2-3-7-14(13)18/h2-3,6-7,9,11-12H,4-5,8,10,19H2,1H3/t11-,12+/m1/s1. The van der Waals surface area contributed by atoms with Crippen molar-refractivity contribution in [2.75, 3.05) is 13.1 Å². The Morgan fingerprint density at radius 1 is 1.48 bits per heavy atom. The minimum absolute atomic E-state index is 0.0320. The second kappa shape index (κ2) is 6.76. The number of nitrogens with two attached hydrogens (primary N) is 1. The normalized spacial score (nSPS) is 19.6. The van der Waals surface area contributed by atoms with Crippen molar-refractivity contribution in [3.63, 3.8) is 0 Å². The molecule has 1 aliphatic heterocycles. The van der Waals surface area contributed by atoms with Gasteiger partial charge in [0, 0.05) is 24.7 Å². The number of carbonyl (C=O) groups excluding carboxylic acids is 1. The SMILES string of the molecule is C[C@@H](N)[C@H]1CCCN(C(=O)c2cnc(-c3ccccc3F)s2)C1. The minimum atomic E-state index is -0.323. The highest BCUT2D eigenvalue weighted by molar-refractivity contribution is 7.16. The monoisotopic (exact) mass is 333 g/mol. The number of rotatable bonds is 3. The molecule has 6 heteroatoms. The molecule has 2 N–H and O–H groups in total. The van der Waals surface area contributed by atoms with Crippen molar-refractivity contribution in [3.05, 3.63) is 41.2 Å². The maximum Gasteiger partial charge on any atom is 0.265 e. The van der Waals surface area contributed by atoms with Crippen LogP contribution in [0, 0.1) is 11.7 Å². The van der Waals surface area contributed by atoms with Crippen molar-refractivity contribution >= 4 is 17.2 Å². The molecule has 1 fully saturated rings. The number of amides is 1. The smallest absolute Gasteiger partial charge is 0.265 e. The number of benzene rings is 1. The van der Waals surface area contributed by atoms with Crippen LogP contribution in [0.1, 0.15) is 29.4 Å². The maximum absolute atomic E-state index is 13.8. The highest BCUT2D eigenvalue weighted by Gasteiger charge is 2.27. The molecule has 122 valence electrons. The van der Waals surface area contributed by atoms with Gasteiger partial charge in [0.2, 0.25) is 0 Å². The first-order chi connectivity index (χ1) is 11.1. The van der Waals surface area contributed by atoms with Gasteiger partial charge in [-0.25, -0.2) is 9.37 Å². The van der Waals surface area contributed by atoms with E-state index in [0.717, 1.165) is 19.4 Å². The number of aromatic nitrogens is 1. The van der Waals surface area contributed by atoms with Crippen LogP contribution in [0.15, 0.2) is 30.5 Å². The van der Waals surface area contributed by atoms with E-state index >= 15 is 0 Å². The van der Waals surface area contributed by atoms with Crippen LogP contribution in [0.25, 0.3) is 10.6 Å². The summed E-state index contributed by atoms with van der Waals surface area (Å²) in [5, 5.41) is 0.534. The average Bonchev–Trinajstić information content (AvgIpc) is 3.04. The third-order valence-electron chi connectivity index (χ3n) is 4.31. The predicted molar refractivity (Wildman–Crippen MR) is 89.8 cm³/mol. The molecular formula is C17H20FN3OS. The van der Waals surface area contributed by atoms with Crippen LogP contribution >= 0.6 is 11.3 Å². The molecule has 23 heavy (non-hydrogen) atoms. The van der Waals surface area contributed by atoms with Crippen molar-refractivity contribution in [1.82, 2.24) is 9.88 Å². The summed E-state index contributed by atoms with van der Waals surface area (Å²) in [4.78, 5) is 19.3. The van der Waals surface area contributed by atoms with Crippen molar-refractivity contribution in [2.45, 2.75) is 25.8 Å². The summed E-state index contributed by atoms with van der Waals surface area (Å²) < 4.78 is 13.8. The molecule has 0 bridgehead atoms. The molecule has 0 saturated carbocycles. The zero-order valence-electron chi connectivity index (χ0n) is 13.0. The lowest BCUT2D eigenvalue weighted by Gasteiger charge is -2.34. The van der Waals surface area contributed by atoms with Gasteiger partial charge in [0.05, 0.1) is 6.20 Å². The van der Waals surface area contributed by atoms with Crippen LogP contribution in [0.4, 0.5) is 4.39 Å². The molecule has 1 aromatic heterocycles. The number of piperidine rings is 1. The average molecular weight is 333 g/mol. The molecule has 0 aliphatic carbocycles. The maximum atomic E-state index is 13.8. The van der Waals surface area contributed by atoms with Gasteiger partial charge in [-0.3, -0.25) is 4.79 Å². The molecule has 1 aromatic carbocycles. The molecule has 1 saturated heterocycles. The van der Waals surface area contributed by atoms with Gasteiger partial charge >= 0.3 is 0 Å². The van der Waals surface area contributed by atoms with Gasteiger partial charge in [0.1, 0.15) is 15.7 Å². The number of thiazole rings is 1. The zero-order chi connectivity index (χ0) is 16.4. The van der Waals surface area contributed by atoms with Gasteiger partial charge in [-0.15, -0.1) is 11.3 Å². The Balaban J connectivity index is 1.78. The van der Waals surface area contributed by atoms with Gasteiger partial charge in [-0.2, -0.15) is 0 Å². The first-order valence-corrected chi connectivity index (χ1v) is 8.63. The fourth-order valence-electron chi connectivity index (χ4n) is 2.91. The Kier molecular flexibility index (Phi) is 4.73. The molecule has 2 aromatic rings. The van der Waals surface area contributed by atoms with Crippen LogP contribution in [-0.2, 0) is 0 Å². The van der Waals surface area contributed by atoms with E-state index in [1.165, 1.54) is 17.4 Å². The van der Waals surface area contributed by atoms with Gasteiger partial charge < -0.3 is 10.6 Å². The van der Waals surface area contributed by atoms with Gasteiger partial charge in [0.15, 0.2) is 0 Å². The predicted octanol–water partition coefficient (Wildman–Crippen LogP) is 3.15. The van der Waals surface area contributed by atoms with Crippen LogP contribution in [0.5, 0.6) is 0 Å².